The van der Waals surface area contributed by atoms with Crippen LogP contribution in [0.25, 0.3) is 0 Å². The Morgan fingerprint density at radius 3 is 2.70 bits per heavy atom. The van der Waals surface area contributed by atoms with Gasteiger partial charge in [0.1, 0.15) is 18.5 Å². The summed E-state index contributed by atoms with van der Waals surface area (Å²) in [6, 6.07) is 8.13. The molecule has 1 aromatic rings. The second-order valence-electron chi connectivity index (χ2n) is 5.50. The van der Waals surface area contributed by atoms with Crippen molar-refractivity contribution in [1.29, 1.82) is 5.41 Å². The lowest BCUT2D eigenvalue weighted by Crippen LogP contribution is -2.25. The van der Waals surface area contributed by atoms with Gasteiger partial charge in [-0.2, -0.15) is 0 Å². The first-order chi connectivity index (χ1) is 9.59. The molecular formula is C16H23NO3. The highest BCUT2D eigenvalue weighted by atomic mass is 16.7. The molecule has 0 spiro atoms. The van der Waals surface area contributed by atoms with Crippen molar-refractivity contribution < 1.29 is 14.2 Å². The number of hydrogen-bond donors (Lipinski definition) is 1. The molecule has 110 valence electrons. The summed E-state index contributed by atoms with van der Waals surface area (Å²) < 4.78 is 16.9. The molecule has 1 fully saturated rings. The first-order valence-corrected chi connectivity index (χ1v) is 7.11. The molecule has 1 atom stereocenters. The van der Waals surface area contributed by atoms with Crippen molar-refractivity contribution in [3.63, 3.8) is 0 Å². The van der Waals surface area contributed by atoms with Crippen LogP contribution in [0, 0.1) is 5.41 Å². The number of aryl methyl sites for hydroxylation is 1. The highest BCUT2D eigenvalue weighted by Crippen LogP contribution is 2.23. The fourth-order valence-electron chi connectivity index (χ4n) is 2.19. The average Bonchev–Trinajstić information content (AvgIpc) is 2.78. The van der Waals surface area contributed by atoms with Gasteiger partial charge in [0.2, 0.25) is 0 Å². The van der Waals surface area contributed by atoms with Crippen molar-refractivity contribution in [2.24, 2.45) is 0 Å². The molecule has 1 N–H and O–H groups in total. The van der Waals surface area contributed by atoms with Crippen LogP contribution in [0.1, 0.15) is 32.3 Å². The molecule has 0 aromatic heterocycles. The van der Waals surface area contributed by atoms with E-state index in [1.807, 2.05) is 26.0 Å². The molecule has 1 aliphatic heterocycles. The van der Waals surface area contributed by atoms with E-state index in [4.69, 9.17) is 19.6 Å². The molecule has 0 radical (unpaired) electrons. The zero-order valence-corrected chi connectivity index (χ0v) is 12.2. The van der Waals surface area contributed by atoms with Gasteiger partial charge in [-0.3, -0.25) is 0 Å². The van der Waals surface area contributed by atoms with E-state index in [-0.39, 0.29) is 6.10 Å². The number of ether oxygens (including phenoxy) is 3. The van der Waals surface area contributed by atoms with E-state index in [0.29, 0.717) is 13.2 Å². The van der Waals surface area contributed by atoms with Crippen molar-refractivity contribution in [2.75, 3.05) is 13.2 Å². The Bertz CT molecular complexity index is 428. The molecule has 2 rings (SSSR count). The minimum Gasteiger partial charge on any atom is -0.491 e. The maximum absolute atomic E-state index is 7.00. The summed E-state index contributed by atoms with van der Waals surface area (Å²) in [5.74, 6) is 0.362. The fourth-order valence-corrected chi connectivity index (χ4v) is 2.19. The van der Waals surface area contributed by atoms with Crippen LogP contribution in [-0.4, -0.2) is 31.3 Å². The van der Waals surface area contributed by atoms with Crippen LogP contribution < -0.4 is 4.74 Å². The second kappa shape index (κ2) is 6.86. The van der Waals surface area contributed by atoms with Gasteiger partial charge >= 0.3 is 0 Å². The molecular weight excluding hydrogens is 254 g/mol. The van der Waals surface area contributed by atoms with Gasteiger partial charge in [0, 0.05) is 0 Å². The molecule has 4 heteroatoms. The lowest BCUT2D eigenvalue weighted by atomic mass is 10.1. The zero-order valence-electron chi connectivity index (χ0n) is 12.2. The first-order valence-electron chi connectivity index (χ1n) is 7.11. The van der Waals surface area contributed by atoms with E-state index in [1.165, 1.54) is 11.8 Å². The number of nitrogens with one attached hydrogen (secondary N) is 1. The van der Waals surface area contributed by atoms with Crippen LogP contribution >= 0.6 is 0 Å². The molecule has 1 aliphatic rings. The van der Waals surface area contributed by atoms with Crippen molar-refractivity contribution in [3.05, 3.63) is 29.8 Å². The van der Waals surface area contributed by atoms with Crippen molar-refractivity contribution in [2.45, 2.75) is 45.0 Å². The van der Waals surface area contributed by atoms with E-state index in [9.17, 15) is 0 Å². The Labute approximate surface area is 120 Å². The van der Waals surface area contributed by atoms with Crippen LogP contribution in [0.15, 0.2) is 24.3 Å². The summed E-state index contributed by atoms with van der Waals surface area (Å²) in [5, 5.41) is 7.00. The highest BCUT2D eigenvalue weighted by molar-refractivity contribution is 5.52. The van der Waals surface area contributed by atoms with Crippen molar-refractivity contribution >= 4 is 6.21 Å². The van der Waals surface area contributed by atoms with Gasteiger partial charge in [-0.05, 0) is 57.0 Å². The third-order valence-corrected chi connectivity index (χ3v) is 3.24. The second-order valence-corrected chi connectivity index (χ2v) is 5.50. The lowest BCUT2D eigenvalue weighted by molar-refractivity contribution is -0.141. The normalized spacial score (nSPS) is 20.8. The van der Waals surface area contributed by atoms with E-state index >= 15 is 0 Å². The minimum atomic E-state index is -0.493. The van der Waals surface area contributed by atoms with E-state index in [0.717, 1.165) is 25.0 Å². The first kappa shape index (κ1) is 15.0. The van der Waals surface area contributed by atoms with Gasteiger partial charge in [0.25, 0.3) is 0 Å². The summed E-state index contributed by atoms with van der Waals surface area (Å²) in [5.41, 5.74) is 1.28. The van der Waals surface area contributed by atoms with Gasteiger partial charge in [0.15, 0.2) is 5.79 Å². The molecule has 0 saturated carbocycles. The molecule has 0 bridgehead atoms. The van der Waals surface area contributed by atoms with Crippen molar-refractivity contribution in [1.82, 2.24) is 0 Å². The van der Waals surface area contributed by atoms with E-state index in [1.54, 1.807) is 0 Å². The minimum absolute atomic E-state index is 0.00253. The number of benzene rings is 1. The molecule has 0 amide bonds. The largest absolute Gasteiger partial charge is 0.491 e. The standard InChI is InChI=1S/C16H23NO3/c1-16(2)19-12-15(20-16)11-18-14-8-6-13(7-9-14)5-3-4-10-17/h6-10,15,17H,3-5,11-12H2,1-2H3/t15-/m1/s1. The molecule has 20 heavy (non-hydrogen) atoms. The molecule has 1 aromatic carbocycles. The van der Waals surface area contributed by atoms with Crippen LogP contribution in [0.2, 0.25) is 0 Å². The highest BCUT2D eigenvalue weighted by Gasteiger charge is 2.32. The summed E-state index contributed by atoms with van der Waals surface area (Å²) >= 11 is 0. The molecule has 1 heterocycles. The fraction of sp³-hybridized carbons (Fsp3) is 0.562. The van der Waals surface area contributed by atoms with Crippen LogP contribution in [0.4, 0.5) is 0 Å². The third-order valence-electron chi connectivity index (χ3n) is 3.24. The maximum atomic E-state index is 7.00. The summed E-state index contributed by atoms with van der Waals surface area (Å²) in [4.78, 5) is 0. The number of unbranched alkanes of at least 4 members (excludes halogenated alkanes) is 1. The zero-order chi connectivity index (χ0) is 14.4. The Morgan fingerprint density at radius 1 is 1.35 bits per heavy atom. The maximum Gasteiger partial charge on any atom is 0.163 e. The van der Waals surface area contributed by atoms with E-state index < -0.39 is 5.79 Å². The Balaban J connectivity index is 1.75. The van der Waals surface area contributed by atoms with Gasteiger partial charge in [-0.1, -0.05) is 12.1 Å². The van der Waals surface area contributed by atoms with Gasteiger partial charge < -0.3 is 19.6 Å². The number of rotatable bonds is 7. The summed E-state index contributed by atoms with van der Waals surface area (Å²) in [6.45, 7) is 4.91. The summed E-state index contributed by atoms with van der Waals surface area (Å²) in [7, 11) is 0. The lowest BCUT2D eigenvalue weighted by Gasteiger charge is -2.17. The van der Waals surface area contributed by atoms with Gasteiger partial charge in [-0.25, -0.2) is 0 Å². The van der Waals surface area contributed by atoms with Crippen molar-refractivity contribution in [3.8, 4) is 5.75 Å². The quantitative estimate of drug-likeness (QED) is 0.615. The predicted octanol–water partition coefficient (Wildman–Crippen LogP) is 3.19. The van der Waals surface area contributed by atoms with Gasteiger partial charge in [-0.15, -0.1) is 0 Å². The molecule has 4 nitrogen and oxygen atoms in total. The smallest absolute Gasteiger partial charge is 0.163 e. The van der Waals surface area contributed by atoms with Crippen LogP contribution in [0.5, 0.6) is 5.75 Å². The third kappa shape index (κ3) is 4.62. The molecule has 1 saturated heterocycles. The van der Waals surface area contributed by atoms with E-state index in [2.05, 4.69) is 12.1 Å². The van der Waals surface area contributed by atoms with Gasteiger partial charge in [0.05, 0.1) is 6.61 Å². The Morgan fingerprint density at radius 2 is 2.10 bits per heavy atom. The Kier molecular flexibility index (Phi) is 5.15. The molecule has 0 unspecified atom stereocenters. The monoisotopic (exact) mass is 277 g/mol. The number of hydrogen-bond acceptors (Lipinski definition) is 4. The molecule has 0 aliphatic carbocycles. The topological polar surface area (TPSA) is 51.5 Å². The predicted molar refractivity (Wildman–Crippen MR) is 78.6 cm³/mol. The Hall–Kier alpha value is -1.39. The summed E-state index contributed by atoms with van der Waals surface area (Å²) in [6.07, 6.45) is 4.32. The SMILES string of the molecule is CC1(C)OC[C@@H](COc2ccc(CCCC=N)cc2)O1. The van der Waals surface area contributed by atoms with Crippen LogP contribution in [0.3, 0.4) is 0 Å². The average molecular weight is 277 g/mol. The van der Waals surface area contributed by atoms with Crippen LogP contribution in [-0.2, 0) is 15.9 Å².